The minimum atomic E-state index is -0.637. The van der Waals surface area contributed by atoms with Gasteiger partial charge in [0.25, 0.3) is 0 Å². The van der Waals surface area contributed by atoms with Crippen LogP contribution in [0.5, 0.6) is 0 Å². The first kappa shape index (κ1) is 23.8. The molecule has 0 aromatic rings. The number of fused-ring (bicyclic) bond motifs is 7. The summed E-state index contributed by atoms with van der Waals surface area (Å²) in [4.78, 5) is 13.4. The van der Waals surface area contributed by atoms with E-state index in [4.69, 9.17) is 4.74 Å². The van der Waals surface area contributed by atoms with Gasteiger partial charge in [0, 0.05) is 0 Å². The normalized spacial score (nSPS) is 62.0. The number of hydrogen-bond acceptors (Lipinski definition) is 4. The summed E-state index contributed by atoms with van der Waals surface area (Å²) >= 11 is 0. The smallest absolute Gasteiger partial charge is 0.312 e. The number of aliphatic hydroxyl groups excluding tert-OH is 2. The Labute approximate surface area is 206 Å². The van der Waals surface area contributed by atoms with E-state index in [9.17, 15) is 15.0 Å². The van der Waals surface area contributed by atoms with E-state index in [1.807, 2.05) is 0 Å². The second-order valence-corrected chi connectivity index (χ2v) is 15.4. The topological polar surface area (TPSA) is 66.8 Å². The Morgan fingerprint density at radius 1 is 0.824 bits per heavy atom. The van der Waals surface area contributed by atoms with Crippen LogP contribution < -0.4 is 0 Å². The minimum Gasteiger partial charge on any atom is -0.459 e. The van der Waals surface area contributed by atoms with Gasteiger partial charge in [0.2, 0.25) is 0 Å². The molecule has 192 valence electrons. The van der Waals surface area contributed by atoms with Crippen molar-refractivity contribution in [3.63, 3.8) is 0 Å². The maximum absolute atomic E-state index is 13.4. The number of carbonyl (C=O) groups is 1. The summed E-state index contributed by atoms with van der Waals surface area (Å²) in [6.07, 6.45) is 8.30. The van der Waals surface area contributed by atoms with Crippen molar-refractivity contribution in [2.45, 2.75) is 124 Å². The molecule has 2 aliphatic heterocycles. The van der Waals surface area contributed by atoms with Crippen LogP contribution in [0, 0.1) is 56.7 Å². The van der Waals surface area contributed by atoms with Gasteiger partial charge in [-0.15, -0.1) is 0 Å². The first-order valence-electron chi connectivity index (χ1n) is 14.3. The molecule has 0 amide bonds. The van der Waals surface area contributed by atoms with E-state index in [1.54, 1.807) is 0 Å². The highest BCUT2D eigenvalue weighted by atomic mass is 16.6. The van der Waals surface area contributed by atoms with Gasteiger partial charge in [-0.3, -0.25) is 4.79 Å². The lowest BCUT2D eigenvalue weighted by Gasteiger charge is -2.75. The lowest BCUT2D eigenvalue weighted by Crippen LogP contribution is -2.72. The highest BCUT2D eigenvalue weighted by molar-refractivity contribution is 5.80. The maximum atomic E-state index is 13.4. The van der Waals surface area contributed by atoms with E-state index in [1.165, 1.54) is 19.3 Å². The lowest BCUT2D eigenvalue weighted by atomic mass is 9.30. The van der Waals surface area contributed by atoms with Crippen LogP contribution in [-0.4, -0.2) is 34.0 Å². The van der Waals surface area contributed by atoms with Gasteiger partial charge in [-0.25, -0.2) is 0 Å². The Morgan fingerprint density at radius 2 is 1.50 bits per heavy atom. The van der Waals surface area contributed by atoms with Crippen LogP contribution in [0.15, 0.2) is 0 Å². The van der Waals surface area contributed by atoms with Crippen molar-refractivity contribution in [2.75, 3.05) is 0 Å². The number of carbonyl (C=O) groups excluding carboxylic acids is 1. The summed E-state index contributed by atoms with van der Waals surface area (Å²) in [7, 11) is 0. The molecule has 0 unspecified atom stereocenters. The van der Waals surface area contributed by atoms with E-state index >= 15 is 0 Å². The molecule has 2 bridgehead atoms. The van der Waals surface area contributed by atoms with E-state index in [0.29, 0.717) is 29.6 Å². The molecular weight excluding hydrogens is 424 g/mol. The first-order valence-corrected chi connectivity index (χ1v) is 14.3. The lowest BCUT2D eigenvalue weighted by molar-refractivity contribution is -0.294. The Balaban J connectivity index is 1.41. The fraction of sp³-hybridized carbons (Fsp3) is 0.967. The Morgan fingerprint density at radius 3 is 2.18 bits per heavy atom. The maximum Gasteiger partial charge on any atom is 0.312 e. The third-order valence-electron chi connectivity index (χ3n) is 14.3. The Hall–Kier alpha value is -0.610. The number of rotatable bonds is 0. The van der Waals surface area contributed by atoms with Gasteiger partial charge in [-0.2, -0.15) is 0 Å². The van der Waals surface area contributed by atoms with Gasteiger partial charge in [0.15, 0.2) is 0 Å². The summed E-state index contributed by atoms with van der Waals surface area (Å²) in [5.74, 6) is 2.52. The molecule has 4 nitrogen and oxygen atoms in total. The zero-order valence-electron chi connectivity index (χ0n) is 22.6. The summed E-state index contributed by atoms with van der Waals surface area (Å²) < 4.78 is 6.13. The highest BCUT2D eigenvalue weighted by Gasteiger charge is 2.74. The van der Waals surface area contributed by atoms with Crippen molar-refractivity contribution < 1.29 is 19.7 Å². The molecular formula is C30H48O4. The summed E-state index contributed by atoms with van der Waals surface area (Å²) in [6.45, 7) is 16.6. The van der Waals surface area contributed by atoms with Crippen molar-refractivity contribution in [1.29, 1.82) is 0 Å². The van der Waals surface area contributed by atoms with Gasteiger partial charge in [0.05, 0.1) is 17.6 Å². The van der Waals surface area contributed by atoms with Crippen LogP contribution in [0.2, 0.25) is 0 Å². The van der Waals surface area contributed by atoms with E-state index in [2.05, 4.69) is 48.5 Å². The van der Waals surface area contributed by atoms with Gasteiger partial charge < -0.3 is 14.9 Å². The molecule has 2 heterocycles. The predicted molar refractivity (Wildman–Crippen MR) is 132 cm³/mol. The van der Waals surface area contributed by atoms with Crippen LogP contribution in [0.4, 0.5) is 0 Å². The van der Waals surface area contributed by atoms with Gasteiger partial charge in [0.1, 0.15) is 5.60 Å². The summed E-state index contributed by atoms with van der Waals surface area (Å²) in [6, 6.07) is 0. The first-order chi connectivity index (χ1) is 15.7. The molecule has 7 rings (SSSR count). The zero-order chi connectivity index (χ0) is 24.7. The fourth-order valence-electron chi connectivity index (χ4n) is 12.2. The second kappa shape index (κ2) is 6.63. The number of ether oxygens (including phenoxy) is 1. The summed E-state index contributed by atoms with van der Waals surface area (Å²) in [5.41, 5.74) is -0.372. The molecule has 5 saturated carbocycles. The van der Waals surface area contributed by atoms with Gasteiger partial charge in [-0.1, -0.05) is 41.5 Å². The Kier molecular flexibility index (Phi) is 4.63. The van der Waals surface area contributed by atoms with Crippen molar-refractivity contribution >= 4 is 5.97 Å². The molecule has 5 aliphatic carbocycles. The second-order valence-electron chi connectivity index (χ2n) is 15.4. The third-order valence-corrected chi connectivity index (χ3v) is 14.3. The predicted octanol–water partition coefficient (Wildman–Crippen LogP) is 5.74. The van der Waals surface area contributed by atoms with Crippen LogP contribution in [0.1, 0.15) is 106 Å². The third kappa shape index (κ3) is 2.42. The molecule has 0 aromatic carbocycles. The molecule has 4 heteroatoms. The van der Waals surface area contributed by atoms with E-state index in [0.717, 1.165) is 38.5 Å². The van der Waals surface area contributed by atoms with Crippen LogP contribution in [-0.2, 0) is 9.53 Å². The Bertz CT molecular complexity index is 913. The van der Waals surface area contributed by atoms with Crippen molar-refractivity contribution in [1.82, 2.24) is 0 Å². The van der Waals surface area contributed by atoms with E-state index < -0.39 is 12.2 Å². The monoisotopic (exact) mass is 472 g/mol. The molecule has 2 N–H and O–H groups in total. The average molecular weight is 473 g/mol. The number of hydrogen-bond donors (Lipinski definition) is 2. The average Bonchev–Trinajstić information content (AvgIpc) is 2.74. The van der Waals surface area contributed by atoms with Crippen molar-refractivity contribution in [3.05, 3.63) is 0 Å². The molecule has 7 fully saturated rings. The SMILES string of the molecule is C[C@H]1[C@@H]2[C@H]3CC[C@@H]4[C@@]5(C)C[C@@H](O)[C@H](O)C(C)(C)[C@@H]5CC[C@@]4(C)[C@]3(C)CC[C@@]23CC[C@@]1(C)OC3=O. The minimum absolute atomic E-state index is 0.0420. The quantitative estimate of drug-likeness (QED) is 0.442. The standard InChI is InChI=1S/C30H48O4/c1-17-22-18-8-9-21-26(4)16-19(31)23(32)25(2,3)20(26)10-11-28(21,6)27(18,5)12-14-30(22)15-13-29(17,7)34-24(30)33/h17-23,31-32H,8-16H2,1-7H3/t17-,18+,19+,20-,21+,22+,23-,26-,27+,28+,29+,30+/m0/s1. The van der Waals surface area contributed by atoms with Crippen molar-refractivity contribution in [3.8, 4) is 0 Å². The van der Waals surface area contributed by atoms with Gasteiger partial charge in [-0.05, 0) is 116 Å². The molecule has 0 radical (unpaired) electrons. The number of aliphatic hydroxyl groups is 2. The molecule has 34 heavy (non-hydrogen) atoms. The molecule has 2 saturated heterocycles. The van der Waals surface area contributed by atoms with Crippen LogP contribution >= 0.6 is 0 Å². The fourth-order valence-corrected chi connectivity index (χ4v) is 12.2. The van der Waals surface area contributed by atoms with Crippen molar-refractivity contribution in [2.24, 2.45) is 56.7 Å². The molecule has 0 aromatic heterocycles. The molecule has 12 atom stereocenters. The number of esters is 1. The summed E-state index contributed by atoms with van der Waals surface area (Å²) in [5, 5.41) is 21.9. The van der Waals surface area contributed by atoms with Crippen LogP contribution in [0.25, 0.3) is 0 Å². The molecule has 1 spiro atoms. The largest absolute Gasteiger partial charge is 0.459 e. The highest BCUT2D eigenvalue weighted by Crippen LogP contribution is 2.78. The molecule has 7 aliphatic rings. The van der Waals surface area contributed by atoms with E-state index in [-0.39, 0.29) is 38.6 Å². The zero-order valence-corrected chi connectivity index (χ0v) is 22.6. The van der Waals surface area contributed by atoms with Gasteiger partial charge >= 0.3 is 5.97 Å². The van der Waals surface area contributed by atoms with Crippen LogP contribution in [0.3, 0.4) is 0 Å².